The summed E-state index contributed by atoms with van der Waals surface area (Å²) in [5.41, 5.74) is 0.605. The van der Waals surface area contributed by atoms with E-state index in [0.717, 1.165) is 4.31 Å². The topological polar surface area (TPSA) is 119 Å². The Morgan fingerprint density at radius 3 is 1.97 bits per heavy atom. The molecule has 0 bridgehead atoms. The lowest BCUT2D eigenvalue weighted by Crippen LogP contribution is -2.37. The Bertz CT molecular complexity index is 1390. The highest BCUT2D eigenvalue weighted by atomic mass is 35.5. The number of anilines is 1. The number of sulfonamides is 1. The van der Waals surface area contributed by atoms with Crippen LogP contribution >= 0.6 is 23.2 Å². The van der Waals surface area contributed by atoms with Gasteiger partial charge in [0.2, 0.25) is 15.9 Å². The molecule has 0 aromatic heterocycles. The van der Waals surface area contributed by atoms with E-state index in [9.17, 15) is 22.8 Å². The predicted molar refractivity (Wildman–Crippen MR) is 138 cm³/mol. The first-order valence-electron chi connectivity index (χ1n) is 10.6. The number of hydrogen-bond donors (Lipinski definition) is 1. The van der Waals surface area contributed by atoms with Crippen molar-refractivity contribution >= 4 is 56.8 Å². The van der Waals surface area contributed by atoms with E-state index in [1.54, 1.807) is 24.3 Å². The first-order valence-corrected chi connectivity index (χ1v) is 12.8. The highest BCUT2D eigenvalue weighted by molar-refractivity contribution is 7.89. The van der Waals surface area contributed by atoms with Gasteiger partial charge in [0.15, 0.2) is 0 Å². The Morgan fingerprint density at radius 1 is 0.838 bits per heavy atom. The summed E-state index contributed by atoms with van der Waals surface area (Å²) in [4.78, 5) is 37.0. The third kappa shape index (κ3) is 7.30. The number of benzene rings is 3. The normalized spacial score (nSPS) is 11.2. The van der Waals surface area contributed by atoms with Crippen LogP contribution in [0.1, 0.15) is 26.3 Å². The lowest BCUT2D eigenvalue weighted by molar-refractivity contribution is -0.116. The quantitative estimate of drug-likeness (QED) is 0.382. The molecule has 3 rings (SSSR count). The molecule has 0 heterocycles. The van der Waals surface area contributed by atoms with Crippen LogP contribution in [0.4, 0.5) is 5.69 Å². The molecule has 9 nitrogen and oxygen atoms in total. The SMILES string of the molecule is COC(=O)c1cc(NC(=O)CN(Cc2cccc(Cl)c2)S(=O)(=O)c2ccc(Cl)cc2)cc(C(=O)OC)c1. The fourth-order valence-electron chi connectivity index (χ4n) is 3.35. The zero-order chi connectivity index (χ0) is 27.2. The molecule has 3 aromatic carbocycles. The van der Waals surface area contributed by atoms with Crippen LogP contribution in [0, 0.1) is 0 Å². The first-order chi connectivity index (χ1) is 17.5. The Hall–Kier alpha value is -3.44. The van der Waals surface area contributed by atoms with Crippen LogP contribution < -0.4 is 5.32 Å². The van der Waals surface area contributed by atoms with Crippen molar-refractivity contribution in [3.63, 3.8) is 0 Å². The van der Waals surface area contributed by atoms with Gasteiger partial charge in [0.25, 0.3) is 0 Å². The largest absolute Gasteiger partial charge is 0.465 e. The van der Waals surface area contributed by atoms with Gasteiger partial charge >= 0.3 is 11.9 Å². The lowest BCUT2D eigenvalue weighted by atomic mass is 10.1. The third-order valence-electron chi connectivity index (χ3n) is 5.08. The molecule has 0 radical (unpaired) electrons. The fraction of sp³-hybridized carbons (Fsp3) is 0.160. The van der Waals surface area contributed by atoms with E-state index in [-0.39, 0.29) is 28.3 Å². The van der Waals surface area contributed by atoms with Crippen molar-refractivity contribution in [2.24, 2.45) is 0 Å². The summed E-state index contributed by atoms with van der Waals surface area (Å²) in [7, 11) is -1.81. The molecular weight excluding hydrogens is 543 g/mol. The van der Waals surface area contributed by atoms with E-state index in [0.29, 0.717) is 15.6 Å². The number of methoxy groups -OCH3 is 2. The summed E-state index contributed by atoms with van der Waals surface area (Å²) in [6.45, 7) is -0.748. The molecule has 3 aromatic rings. The summed E-state index contributed by atoms with van der Waals surface area (Å²) < 4.78 is 37.2. The molecule has 0 saturated carbocycles. The van der Waals surface area contributed by atoms with Crippen molar-refractivity contribution in [3.8, 4) is 0 Å². The number of nitrogens with zero attached hydrogens (tertiary/aromatic N) is 1. The van der Waals surface area contributed by atoms with Gasteiger partial charge in [-0.1, -0.05) is 35.3 Å². The Balaban J connectivity index is 1.93. The number of rotatable bonds is 9. The number of esters is 2. The monoisotopic (exact) mass is 564 g/mol. The molecule has 0 aliphatic rings. The number of nitrogens with one attached hydrogen (secondary N) is 1. The zero-order valence-corrected chi connectivity index (χ0v) is 22.1. The first kappa shape index (κ1) is 28.1. The van der Waals surface area contributed by atoms with Crippen LogP contribution in [-0.4, -0.2) is 51.3 Å². The number of carbonyl (C=O) groups is 3. The summed E-state index contributed by atoms with van der Waals surface area (Å²) in [5.74, 6) is -2.21. The molecule has 0 atom stereocenters. The standard InChI is InChI=1S/C25H22Cl2N2O7S/c1-35-24(31)17-11-18(25(32)36-2)13-21(12-17)28-23(30)15-29(14-16-4-3-5-20(27)10-16)37(33,34)22-8-6-19(26)7-9-22/h3-13H,14-15H2,1-2H3,(H,28,30). The van der Waals surface area contributed by atoms with Gasteiger partial charge in [-0.2, -0.15) is 4.31 Å². The highest BCUT2D eigenvalue weighted by Gasteiger charge is 2.27. The number of amides is 1. The van der Waals surface area contributed by atoms with Crippen molar-refractivity contribution in [1.82, 2.24) is 4.31 Å². The van der Waals surface area contributed by atoms with E-state index in [4.69, 9.17) is 32.7 Å². The molecular formula is C25H22Cl2N2O7S. The van der Waals surface area contributed by atoms with Crippen molar-refractivity contribution < 1.29 is 32.3 Å². The van der Waals surface area contributed by atoms with Gasteiger partial charge in [0.1, 0.15) is 0 Å². The molecule has 0 aliphatic carbocycles. The molecule has 194 valence electrons. The lowest BCUT2D eigenvalue weighted by Gasteiger charge is -2.22. The highest BCUT2D eigenvalue weighted by Crippen LogP contribution is 2.23. The Morgan fingerprint density at radius 2 is 1.43 bits per heavy atom. The van der Waals surface area contributed by atoms with Crippen LogP contribution in [-0.2, 0) is 30.8 Å². The average molecular weight is 565 g/mol. The van der Waals surface area contributed by atoms with Crippen molar-refractivity contribution in [1.29, 1.82) is 0 Å². The van der Waals surface area contributed by atoms with Crippen LogP contribution in [0.15, 0.2) is 71.6 Å². The second kappa shape index (κ2) is 12.2. The molecule has 0 saturated heterocycles. The Labute approximate surface area is 223 Å². The van der Waals surface area contributed by atoms with Gasteiger partial charge in [-0.15, -0.1) is 0 Å². The summed E-state index contributed by atoms with van der Waals surface area (Å²) in [5, 5.41) is 3.29. The van der Waals surface area contributed by atoms with Gasteiger partial charge < -0.3 is 14.8 Å². The zero-order valence-electron chi connectivity index (χ0n) is 19.7. The van der Waals surface area contributed by atoms with E-state index in [1.807, 2.05) is 0 Å². The molecule has 1 amide bonds. The maximum atomic E-state index is 13.4. The predicted octanol–water partition coefficient (Wildman–Crippen LogP) is 4.40. The minimum Gasteiger partial charge on any atom is -0.465 e. The average Bonchev–Trinajstić information content (AvgIpc) is 2.87. The van der Waals surface area contributed by atoms with Crippen molar-refractivity contribution in [2.45, 2.75) is 11.4 Å². The molecule has 0 fully saturated rings. The van der Waals surface area contributed by atoms with Crippen molar-refractivity contribution in [3.05, 3.63) is 93.5 Å². The molecule has 0 unspecified atom stereocenters. The van der Waals surface area contributed by atoms with Gasteiger partial charge in [0.05, 0.1) is 36.8 Å². The molecule has 0 spiro atoms. The summed E-state index contributed by atoms with van der Waals surface area (Å²) in [6, 6.07) is 16.0. The minimum absolute atomic E-state index is 0.00901. The molecule has 37 heavy (non-hydrogen) atoms. The summed E-state index contributed by atoms with van der Waals surface area (Å²) in [6.07, 6.45) is 0. The van der Waals surface area contributed by atoms with E-state index < -0.39 is 34.4 Å². The van der Waals surface area contributed by atoms with E-state index >= 15 is 0 Å². The van der Waals surface area contributed by atoms with Gasteiger partial charge in [0, 0.05) is 22.3 Å². The second-order valence-electron chi connectivity index (χ2n) is 7.69. The van der Waals surface area contributed by atoms with Crippen LogP contribution in [0.5, 0.6) is 0 Å². The number of halogens is 2. The van der Waals surface area contributed by atoms with Crippen LogP contribution in [0.2, 0.25) is 10.0 Å². The number of carbonyl (C=O) groups excluding carboxylic acids is 3. The van der Waals surface area contributed by atoms with E-state index in [2.05, 4.69) is 5.32 Å². The fourth-order valence-corrected chi connectivity index (χ4v) is 5.08. The number of ether oxygens (including phenoxy) is 2. The summed E-state index contributed by atoms with van der Waals surface area (Å²) >= 11 is 12.0. The maximum absolute atomic E-state index is 13.4. The maximum Gasteiger partial charge on any atom is 0.337 e. The third-order valence-corrected chi connectivity index (χ3v) is 7.37. The smallest absolute Gasteiger partial charge is 0.337 e. The van der Waals surface area contributed by atoms with Crippen LogP contribution in [0.25, 0.3) is 0 Å². The number of hydrogen-bond acceptors (Lipinski definition) is 7. The molecule has 0 aliphatic heterocycles. The Kier molecular flexibility index (Phi) is 9.28. The van der Waals surface area contributed by atoms with Gasteiger partial charge in [-0.3, -0.25) is 4.79 Å². The molecule has 1 N–H and O–H groups in total. The van der Waals surface area contributed by atoms with Gasteiger partial charge in [-0.25, -0.2) is 18.0 Å². The van der Waals surface area contributed by atoms with Gasteiger partial charge in [-0.05, 0) is 60.2 Å². The van der Waals surface area contributed by atoms with Crippen molar-refractivity contribution in [2.75, 3.05) is 26.1 Å². The van der Waals surface area contributed by atoms with Crippen LogP contribution in [0.3, 0.4) is 0 Å². The van der Waals surface area contributed by atoms with E-state index in [1.165, 1.54) is 56.7 Å². The second-order valence-corrected chi connectivity index (χ2v) is 10.5. The minimum atomic E-state index is -4.14. The molecule has 12 heteroatoms.